The topological polar surface area (TPSA) is 98.3 Å². The van der Waals surface area contributed by atoms with E-state index in [2.05, 4.69) is 15.5 Å². The van der Waals surface area contributed by atoms with Crippen LogP contribution in [0.5, 0.6) is 0 Å². The van der Waals surface area contributed by atoms with E-state index in [1.54, 1.807) is 30.3 Å². The number of aromatic nitrogens is 2. The predicted octanol–water partition coefficient (Wildman–Crippen LogP) is 2.22. The highest BCUT2D eigenvalue weighted by atomic mass is 19.1. The molecular weight excluding hydrogens is 406 g/mol. The first-order valence-corrected chi connectivity index (χ1v) is 9.70. The molecule has 0 saturated carbocycles. The number of carbonyl (C=O) groups excluding carboxylic acids is 2. The lowest BCUT2D eigenvalue weighted by molar-refractivity contribution is -0.0107. The Morgan fingerprint density at radius 2 is 1.97 bits per heavy atom. The van der Waals surface area contributed by atoms with E-state index in [4.69, 9.17) is 0 Å². The average Bonchev–Trinajstić information content (AvgIpc) is 3.30. The summed E-state index contributed by atoms with van der Waals surface area (Å²) < 4.78 is 27.4. The maximum Gasteiger partial charge on any atom is 0.257 e. The number of aliphatic hydroxyl groups excluding tert-OH is 1. The number of benzene rings is 2. The number of H-pyrrole nitrogens is 1. The first kappa shape index (κ1) is 20.7. The van der Waals surface area contributed by atoms with Crippen LogP contribution in [0.3, 0.4) is 0 Å². The van der Waals surface area contributed by atoms with Crippen LogP contribution in [0.1, 0.15) is 32.7 Å². The molecule has 3 aromatic rings. The SMILES string of the molecule is O=C(N[C@@]1(c2ccccc2)CCN(C(=O)c2cn[nH]c2)C[C@H]1O)c1ccc(F)cc1F. The minimum Gasteiger partial charge on any atom is -0.388 e. The van der Waals surface area contributed by atoms with Gasteiger partial charge in [-0.15, -0.1) is 0 Å². The number of rotatable bonds is 4. The molecule has 2 heterocycles. The summed E-state index contributed by atoms with van der Waals surface area (Å²) in [6.07, 6.45) is 1.88. The Balaban J connectivity index is 1.64. The normalized spacial score (nSPS) is 21.0. The summed E-state index contributed by atoms with van der Waals surface area (Å²) in [6.45, 7) is 0.188. The van der Waals surface area contributed by atoms with E-state index in [0.29, 0.717) is 17.2 Å². The van der Waals surface area contributed by atoms with E-state index in [1.807, 2.05) is 0 Å². The number of carbonyl (C=O) groups is 2. The molecule has 0 unspecified atom stereocenters. The number of hydrogen-bond donors (Lipinski definition) is 3. The highest BCUT2D eigenvalue weighted by Crippen LogP contribution is 2.34. The van der Waals surface area contributed by atoms with Crippen molar-refractivity contribution in [2.45, 2.75) is 18.1 Å². The second-order valence-corrected chi connectivity index (χ2v) is 7.42. The van der Waals surface area contributed by atoms with Gasteiger partial charge in [0.1, 0.15) is 11.6 Å². The summed E-state index contributed by atoms with van der Waals surface area (Å²) in [7, 11) is 0. The fourth-order valence-electron chi connectivity index (χ4n) is 3.90. The van der Waals surface area contributed by atoms with Crippen LogP contribution < -0.4 is 5.32 Å². The maximum absolute atomic E-state index is 14.2. The van der Waals surface area contributed by atoms with Gasteiger partial charge >= 0.3 is 0 Å². The molecule has 2 atom stereocenters. The number of nitrogens with zero attached hydrogens (tertiary/aromatic N) is 2. The van der Waals surface area contributed by atoms with E-state index in [1.165, 1.54) is 17.3 Å². The number of aliphatic hydroxyl groups is 1. The van der Waals surface area contributed by atoms with Gasteiger partial charge in [-0.25, -0.2) is 8.78 Å². The first-order valence-electron chi connectivity index (χ1n) is 9.70. The van der Waals surface area contributed by atoms with Crippen LogP contribution in [0.15, 0.2) is 60.9 Å². The number of piperidine rings is 1. The summed E-state index contributed by atoms with van der Waals surface area (Å²) in [4.78, 5) is 27.0. The Morgan fingerprint density at radius 1 is 1.19 bits per heavy atom. The van der Waals surface area contributed by atoms with Gasteiger partial charge < -0.3 is 15.3 Å². The van der Waals surface area contributed by atoms with Gasteiger partial charge in [-0.05, 0) is 24.1 Å². The van der Waals surface area contributed by atoms with Crippen LogP contribution in [0.2, 0.25) is 0 Å². The van der Waals surface area contributed by atoms with Gasteiger partial charge in [-0.2, -0.15) is 5.10 Å². The highest BCUT2D eigenvalue weighted by molar-refractivity contribution is 5.95. The number of nitrogens with one attached hydrogen (secondary N) is 2. The van der Waals surface area contributed by atoms with Crippen LogP contribution in [0, 0.1) is 11.6 Å². The van der Waals surface area contributed by atoms with Crippen molar-refractivity contribution >= 4 is 11.8 Å². The van der Waals surface area contributed by atoms with Gasteiger partial charge in [0.15, 0.2) is 0 Å². The predicted molar refractivity (Wildman–Crippen MR) is 107 cm³/mol. The van der Waals surface area contributed by atoms with Gasteiger partial charge in [-0.1, -0.05) is 30.3 Å². The lowest BCUT2D eigenvalue weighted by atomic mass is 9.78. The number of aromatic amines is 1. The van der Waals surface area contributed by atoms with Crippen LogP contribution in [-0.4, -0.2) is 51.2 Å². The average molecular weight is 426 g/mol. The zero-order chi connectivity index (χ0) is 22.0. The number of hydrogen-bond acceptors (Lipinski definition) is 4. The Hall–Kier alpha value is -3.59. The number of β-amino-alcohol motifs (C(OH)–C–C–N with tert-alkyl or cyclic N) is 1. The fourth-order valence-corrected chi connectivity index (χ4v) is 3.90. The largest absolute Gasteiger partial charge is 0.388 e. The van der Waals surface area contributed by atoms with E-state index in [9.17, 15) is 23.5 Å². The second-order valence-electron chi connectivity index (χ2n) is 7.42. The van der Waals surface area contributed by atoms with Crippen molar-refractivity contribution in [1.82, 2.24) is 20.4 Å². The Kier molecular flexibility index (Phi) is 5.51. The third-order valence-electron chi connectivity index (χ3n) is 5.57. The van der Waals surface area contributed by atoms with Crippen molar-refractivity contribution in [3.05, 3.63) is 89.2 Å². The molecule has 2 aromatic carbocycles. The summed E-state index contributed by atoms with van der Waals surface area (Å²) in [5.41, 5.74) is -0.613. The van der Waals surface area contributed by atoms with Gasteiger partial charge in [0.2, 0.25) is 0 Å². The molecule has 1 aliphatic rings. The molecule has 3 N–H and O–H groups in total. The van der Waals surface area contributed by atoms with E-state index < -0.39 is 29.2 Å². The maximum atomic E-state index is 14.2. The number of likely N-dealkylation sites (tertiary alicyclic amines) is 1. The summed E-state index contributed by atoms with van der Waals surface area (Å²) in [5, 5.41) is 20.2. The standard InChI is InChI=1S/C22H20F2N4O3/c23-16-6-7-17(18(24)10-16)20(30)27-22(15-4-2-1-3-5-15)8-9-28(13-19(22)29)21(31)14-11-25-26-12-14/h1-7,10-12,19,29H,8-9,13H2,(H,25,26)(H,27,30)/t19-,22-/m1/s1. The third kappa shape index (κ3) is 3.91. The molecule has 0 spiro atoms. The van der Waals surface area contributed by atoms with E-state index in [-0.39, 0.29) is 31.0 Å². The Morgan fingerprint density at radius 3 is 2.61 bits per heavy atom. The van der Waals surface area contributed by atoms with E-state index >= 15 is 0 Å². The molecule has 31 heavy (non-hydrogen) atoms. The molecule has 4 rings (SSSR count). The zero-order valence-corrected chi connectivity index (χ0v) is 16.4. The van der Waals surface area contributed by atoms with Crippen LogP contribution >= 0.6 is 0 Å². The second kappa shape index (κ2) is 8.27. The van der Waals surface area contributed by atoms with Crippen LogP contribution in [0.25, 0.3) is 0 Å². The van der Waals surface area contributed by atoms with Crippen molar-refractivity contribution in [3.8, 4) is 0 Å². The molecule has 0 aliphatic carbocycles. The number of halogens is 2. The van der Waals surface area contributed by atoms with E-state index in [0.717, 1.165) is 12.1 Å². The molecule has 7 nitrogen and oxygen atoms in total. The third-order valence-corrected chi connectivity index (χ3v) is 5.57. The van der Waals surface area contributed by atoms with Crippen LogP contribution in [0.4, 0.5) is 8.78 Å². The molecule has 0 radical (unpaired) electrons. The van der Waals surface area contributed by atoms with Crippen molar-refractivity contribution in [2.75, 3.05) is 13.1 Å². The van der Waals surface area contributed by atoms with Crippen molar-refractivity contribution in [1.29, 1.82) is 0 Å². The van der Waals surface area contributed by atoms with Crippen LogP contribution in [-0.2, 0) is 5.54 Å². The quantitative estimate of drug-likeness (QED) is 0.596. The van der Waals surface area contributed by atoms with Crippen molar-refractivity contribution in [2.24, 2.45) is 0 Å². The van der Waals surface area contributed by atoms with Crippen molar-refractivity contribution in [3.63, 3.8) is 0 Å². The summed E-state index contributed by atoms with van der Waals surface area (Å²) in [5.74, 6) is -2.87. The van der Waals surface area contributed by atoms with Crippen molar-refractivity contribution < 1.29 is 23.5 Å². The molecule has 1 aromatic heterocycles. The monoisotopic (exact) mass is 426 g/mol. The van der Waals surface area contributed by atoms with Gasteiger partial charge in [0, 0.05) is 25.4 Å². The fraction of sp³-hybridized carbons (Fsp3) is 0.227. The minimum atomic E-state index is -1.26. The molecule has 9 heteroatoms. The minimum absolute atomic E-state index is 0.0505. The molecule has 1 fully saturated rings. The first-order chi connectivity index (χ1) is 14.9. The Bertz CT molecular complexity index is 1090. The lowest BCUT2D eigenvalue weighted by Crippen LogP contribution is -2.62. The summed E-state index contributed by atoms with van der Waals surface area (Å²) >= 11 is 0. The molecule has 160 valence electrons. The van der Waals surface area contributed by atoms with Gasteiger partial charge in [0.25, 0.3) is 11.8 Å². The zero-order valence-electron chi connectivity index (χ0n) is 16.4. The number of amides is 2. The van der Waals surface area contributed by atoms with Gasteiger partial charge in [-0.3, -0.25) is 14.7 Å². The molecular formula is C22H20F2N4O3. The highest BCUT2D eigenvalue weighted by Gasteiger charge is 2.46. The summed E-state index contributed by atoms with van der Waals surface area (Å²) in [6, 6.07) is 11.5. The molecule has 0 bridgehead atoms. The van der Waals surface area contributed by atoms with Gasteiger partial charge in [0.05, 0.1) is 29.0 Å². The molecule has 2 amide bonds. The smallest absolute Gasteiger partial charge is 0.257 e. The molecule has 1 aliphatic heterocycles. The Labute approximate surface area is 176 Å². The lowest BCUT2D eigenvalue weighted by Gasteiger charge is -2.46. The molecule has 1 saturated heterocycles.